The molecule has 1 aromatic rings. The first-order valence-corrected chi connectivity index (χ1v) is 3.68. The number of alkyl halides is 2. The van der Waals surface area contributed by atoms with E-state index in [-0.39, 0.29) is 16.9 Å². The Labute approximate surface area is 78.6 Å². The number of aliphatic hydroxyl groups excluding tert-OH is 1. The summed E-state index contributed by atoms with van der Waals surface area (Å²) in [6.07, 6.45) is -2.77. The Balaban J connectivity index is 3.33. The first kappa shape index (κ1) is 10.3. The molecule has 1 aromatic heterocycles. The normalized spacial score (nSPS) is 10.2. The molecule has 0 aliphatic rings. The van der Waals surface area contributed by atoms with Gasteiger partial charge in [-0.25, -0.2) is 13.8 Å². The third-order valence-electron chi connectivity index (χ3n) is 1.63. The second-order valence-electron chi connectivity index (χ2n) is 2.53. The molecule has 4 nitrogen and oxygen atoms in total. The average Bonchev–Trinajstić information content (AvgIpc) is 2.16. The molecule has 74 valence electrons. The minimum atomic E-state index is -2.77. The van der Waals surface area contributed by atoms with E-state index in [0.29, 0.717) is 0 Å². The molecular formula is C8H7F2N3O. The summed E-state index contributed by atoms with van der Waals surface area (Å²) in [5, 5.41) is 17.4. The summed E-state index contributed by atoms with van der Waals surface area (Å²) in [4.78, 5) is 3.42. The Morgan fingerprint density at radius 2 is 2.29 bits per heavy atom. The second-order valence-corrected chi connectivity index (χ2v) is 2.53. The molecule has 0 aliphatic carbocycles. The molecule has 1 rings (SSSR count). The number of nitrogen functional groups attached to an aromatic ring is 1. The second kappa shape index (κ2) is 3.98. The molecule has 0 aromatic carbocycles. The van der Waals surface area contributed by atoms with E-state index < -0.39 is 18.7 Å². The zero-order valence-corrected chi connectivity index (χ0v) is 7.04. The van der Waals surface area contributed by atoms with Crippen LogP contribution in [0.25, 0.3) is 0 Å². The monoisotopic (exact) mass is 199 g/mol. The Morgan fingerprint density at radius 3 is 2.71 bits per heavy atom. The number of nitriles is 1. The van der Waals surface area contributed by atoms with Crippen molar-refractivity contribution >= 4 is 5.69 Å². The van der Waals surface area contributed by atoms with E-state index in [1.807, 2.05) is 0 Å². The molecule has 0 amide bonds. The van der Waals surface area contributed by atoms with E-state index >= 15 is 0 Å². The average molecular weight is 199 g/mol. The lowest BCUT2D eigenvalue weighted by atomic mass is 10.1. The quantitative estimate of drug-likeness (QED) is 0.743. The van der Waals surface area contributed by atoms with Crippen LogP contribution in [0.3, 0.4) is 0 Å². The number of rotatable bonds is 2. The molecule has 0 fully saturated rings. The van der Waals surface area contributed by atoms with Gasteiger partial charge in [0.15, 0.2) is 0 Å². The van der Waals surface area contributed by atoms with Gasteiger partial charge in [0.1, 0.15) is 11.8 Å². The Hall–Kier alpha value is -1.74. The van der Waals surface area contributed by atoms with Crippen LogP contribution in [0.4, 0.5) is 14.5 Å². The largest absolute Gasteiger partial charge is 0.398 e. The van der Waals surface area contributed by atoms with Crippen molar-refractivity contribution in [2.45, 2.75) is 13.0 Å². The molecular weight excluding hydrogens is 192 g/mol. The van der Waals surface area contributed by atoms with E-state index in [0.717, 1.165) is 6.07 Å². The number of hydrogen-bond donors (Lipinski definition) is 2. The summed E-state index contributed by atoms with van der Waals surface area (Å²) in [5.41, 5.74) is 4.53. The van der Waals surface area contributed by atoms with Crippen molar-refractivity contribution in [3.8, 4) is 6.07 Å². The van der Waals surface area contributed by atoms with Gasteiger partial charge in [0.05, 0.1) is 23.6 Å². The number of aromatic nitrogens is 1. The lowest BCUT2D eigenvalue weighted by molar-refractivity contribution is 0.145. The Morgan fingerprint density at radius 1 is 1.64 bits per heavy atom. The maximum absolute atomic E-state index is 12.2. The lowest BCUT2D eigenvalue weighted by Crippen LogP contribution is -2.04. The van der Waals surface area contributed by atoms with Crippen molar-refractivity contribution in [3.05, 3.63) is 23.0 Å². The van der Waals surface area contributed by atoms with Crippen LogP contribution in [0.1, 0.15) is 23.4 Å². The lowest BCUT2D eigenvalue weighted by Gasteiger charge is -2.06. The van der Waals surface area contributed by atoms with Crippen molar-refractivity contribution in [1.29, 1.82) is 5.26 Å². The zero-order valence-electron chi connectivity index (χ0n) is 7.04. The zero-order chi connectivity index (χ0) is 10.7. The van der Waals surface area contributed by atoms with Crippen LogP contribution >= 0.6 is 0 Å². The number of nitrogens with two attached hydrogens (primary N) is 1. The van der Waals surface area contributed by atoms with Gasteiger partial charge in [-0.15, -0.1) is 0 Å². The fraction of sp³-hybridized carbons (Fsp3) is 0.250. The molecule has 0 bridgehead atoms. The van der Waals surface area contributed by atoms with Gasteiger partial charge in [0, 0.05) is 0 Å². The van der Waals surface area contributed by atoms with Crippen LogP contribution in [0, 0.1) is 11.3 Å². The molecule has 6 heteroatoms. The van der Waals surface area contributed by atoms with Gasteiger partial charge in [0.2, 0.25) is 0 Å². The molecule has 1 heterocycles. The highest BCUT2D eigenvalue weighted by Gasteiger charge is 2.15. The van der Waals surface area contributed by atoms with Gasteiger partial charge in [0.25, 0.3) is 6.43 Å². The van der Waals surface area contributed by atoms with Crippen LogP contribution < -0.4 is 5.73 Å². The highest BCUT2D eigenvalue weighted by atomic mass is 19.3. The van der Waals surface area contributed by atoms with Gasteiger partial charge in [-0.1, -0.05) is 0 Å². The minimum Gasteiger partial charge on any atom is -0.398 e. The van der Waals surface area contributed by atoms with Crippen molar-refractivity contribution in [3.63, 3.8) is 0 Å². The van der Waals surface area contributed by atoms with E-state index in [9.17, 15) is 8.78 Å². The standard InChI is InChI=1S/C8H7F2N3O/c9-8(10)6-1-5(12)4(2-11)7(3-14)13-6/h1,8,14H,3H2,(H2,12,13). The van der Waals surface area contributed by atoms with E-state index in [1.165, 1.54) is 0 Å². The molecule has 0 saturated carbocycles. The minimum absolute atomic E-state index is 0.0584. The van der Waals surface area contributed by atoms with Crippen molar-refractivity contribution in [2.24, 2.45) is 0 Å². The fourth-order valence-electron chi connectivity index (χ4n) is 0.997. The van der Waals surface area contributed by atoms with Gasteiger partial charge >= 0.3 is 0 Å². The highest BCUT2D eigenvalue weighted by Crippen LogP contribution is 2.23. The number of halogens is 2. The van der Waals surface area contributed by atoms with Crippen LogP contribution in [0.2, 0.25) is 0 Å². The first-order valence-electron chi connectivity index (χ1n) is 3.68. The smallest absolute Gasteiger partial charge is 0.280 e. The van der Waals surface area contributed by atoms with Crippen LogP contribution in [-0.2, 0) is 6.61 Å². The first-order chi connectivity index (χ1) is 6.60. The van der Waals surface area contributed by atoms with Gasteiger partial charge in [-0.05, 0) is 6.07 Å². The van der Waals surface area contributed by atoms with Crippen LogP contribution in [0.5, 0.6) is 0 Å². The van der Waals surface area contributed by atoms with E-state index in [1.54, 1.807) is 6.07 Å². The third-order valence-corrected chi connectivity index (χ3v) is 1.63. The Kier molecular flexibility index (Phi) is 2.94. The molecule has 0 aliphatic heterocycles. The number of anilines is 1. The summed E-state index contributed by atoms with van der Waals surface area (Å²) in [6, 6.07) is 2.62. The van der Waals surface area contributed by atoms with Crippen molar-refractivity contribution in [2.75, 3.05) is 5.73 Å². The number of aliphatic hydroxyl groups is 1. The maximum Gasteiger partial charge on any atom is 0.280 e. The van der Waals surface area contributed by atoms with Gasteiger partial charge in [-0.3, -0.25) is 0 Å². The molecule has 3 N–H and O–H groups in total. The van der Waals surface area contributed by atoms with Crippen molar-refractivity contribution < 1.29 is 13.9 Å². The molecule has 14 heavy (non-hydrogen) atoms. The summed E-state index contributed by atoms with van der Waals surface area (Å²) >= 11 is 0. The van der Waals surface area contributed by atoms with E-state index in [2.05, 4.69) is 4.98 Å². The van der Waals surface area contributed by atoms with Crippen molar-refractivity contribution in [1.82, 2.24) is 4.98 Å². The molecule has 0 atom stereocenters. The number of pyridine rings is 1. The summed E-state index contributed by atoms with van der Waals surface area (Å²) in [5.74, 6) is 0. The predicted octanol–water partition coefficient (Wildman–Crippen LogP) is 0.965. The van der Waals surface area contributed by atoms with E-state index in [4.69, 9.17) is 16.1 Å². The van der Waals surface area contributed by atoms with Crippen LogP contribution in [0.15, 0.2) is 6.07 Å². The van der Waals surface area contributed by atoms with Gasteiger partial charge in [-0.2, -0.15) is 5.26 Å². The van der Waals surface area contributed by atoms with Gasteiger partial charge < -0.3 is 10.8 Å². The molecule has 0 spiro atoms. The molecule has 0 radical (unpaired) electrons. The SMILES string of the molecule is N#Cc1c(N)cc(C(F)F)nc1CO. The molecule has 0 saturated heterocycles. The summed E-state index contributed by atoms with van der Waals surface area (Å²) in [7, 11) is 0. The highest BCUT2D eigenvalue weighted by molar-refractivity contribution is 5.56. The third kappa shape index (κ3) is 1.78. The summed E-state index contributed by atoms with van der Waals surface area (Å²) < 4.78 is 24.4. The Bertz CT molecular complexity index is 387. The summed E-state index contributed by atoms with van der Waals surface area (Å²) in [6.45, 7) is -0.590. The number of hydrogen-bond acceptors (Lipinski definition) is 4. The van der Waals surface area contributed by atoms with Crippen LogP contribution in [-0.4, -0.2) is 10.1 Å². The topological polar surface area (TPSA) is 82.9 Å². The number of nitrogens with zero attached hydrogens (tertiary/aromatic N) is 2. The fourth-order valence-corrected chi connectivity index (χ4v) is 0.997. The predicted molar refractivity (Wildman–Crippen MR) is 44.2 cm³/mol. The molecule has 0 unspecified atom stereocenters. The maximum atomic E-state index is 12.2.